The van der Waals surface area contributed by atoms with Crippen LogP contribution in [0, 0.1) is 0 Å². The van der Waals surface area contributed by atoms with E-state index < -0.39 is 0 Å². The molecule has 0 radical (unpaired) electrons. The molecule has 3 atom stereocenters. The van der Waals surface area contributed by atoms with E-state index in [0.717, 1.165) is 29.7 Å². The third-order valence-electron chi connectivity index (χ3n) is 7.15. The van der Waals surface area contributed by atoms with E-state index in [-0.39, 0.29) is 36.0 Å². The Hall–Kier alpha value is -3.29. The molecule has 8 heteroatoms. The fourth-order valence-electron chi connectivity index (χ4n) is 5.36. The number of nitrogens with zero attached hydrogens (tertiary/aromatic N) is 1. The van der Waals surface area contributed by atoms with Gasteiger partial charge in [-0.15, -0.1) is 0 Å². The van der Waals surface area contributed by atoms with Crippen LogP contribution in [-0.4, -0.2) is 35.1 Å². The van der Waals surface area contributed by atoms with E-state index in [1.807, 2.05) is 24.3 Å². The van der Waals surface area contributed by atoms with Crippen LogP contribution in [0.15, 0.2) is 30.5 Å². The third-order valence-corrected chi connectivity index (χ3v) is 7.15. The molecule has 0 bridgehead atoms. The maximum atomic E-state index is 12.5. The predicted molar refractivity (Wildman–Crippen MR) is 122 cm³/mol. The van der Waals surface area contributed by atoms with Crippen LogP contribution in [0.5, 0.6) is 17.2 Å². The normalized spacial score (nSPS) is 25.5. The first kappa shape index (κ1) is 20.3. The van der Waals surface area contributed by atoms with Crippen LogP contribution in [-0.2, 0) is 11.2 Å². The van der Waals surface area contributed by atoms with Crippen molar-refractivity contribution in [3.05, 3.63) is 41.6 Å². The van der Waals surface area contributed by atoms with Crippen molar-refractivity contribution in [2.75, 3.05) is 5.32 Å². The lowest BCUT2D eigenvalue weighted by molar-refractivity contribution is -0.116. The molecule has 4 aliphatic rings. The van der Waals surface area contributed by atoms with E-state index >= 15 is 0 Å². The Balaban J connectivity index is 1.12. The van der Waals surface area contributed by atoms with Gasteiger partial charge >= 0.3 is 6.03 Å². The van der Waals surface area contributed by atoms with Gasteiger partial charge in [0.15, 0.2) is 0 Å². The van der Waals surface area contributed by atoms with Gasteiger partial charge in [0.05, 0.1) is 12.0 Å². The quantitative estimate of drug-likeness (QED) is 0.614. The number of fused-ring (bicyclic) bond motifs is 4. The molecule has 6 rings (SSSR count). The fourth-order valence-corrected chi connectivity index (χ4v) is 5.36. The van der Waals surface area contributed by atoms with Gasteiger partial charge in [0.1, 0.15) is 29.2 Å². The van der Waals surface area contributed by atoms with Gasteiger partial charge in [-0.05, 0) is 43.5 Å². The summed E-state index contributed by atoms with van der Waals surface area (Å²) < 4.78 is 12.2. The Kier molecular flexibility index (Phi) is 5.08. The second-order valence-corrected chi connectivity index (χ2v) is 9.43. The number of ether oxygens (including phenoxy) is 2. The van der Waals surface area contributed by atoms with Crippen LogP contribution in [0.4, 0.5) is 10.6 Å². The second-order valence-electron chi connectivity index (χ2n) is 9.43. The monoisotopic (exact) mass is 448 g/mol. The van der Waals surface area contributed by atoms with Crippen molar-refractivity contribution >= 4 is 17.8 Å². The van der Waals surface area contributed by atoms with Crippen molar-refractivity contribution in [3.63, 3.8) is 0 Å². The number of pyridine rings is 1. The molecule has 2 aromatic rings. The van der Waals surface area contributed by atoms with Crippen molar-refractivity contribution in [3.8, 4) is 17.2 Å². The standard InChI is InChI=1S/C25H28N4O4/c30-20-10-8-16-19(11-12-26-24(16)28-20)32-15-7-9-18-17(13-15)21-22(23(21)33-18)29-25(31)27-14-5-3-1-2-4-6-14/h7,9,11-14,21-23H,1-6,8,10H2,(H,26,28,30)(H2,27,29,31)/t21-,22+,23-/m0/s1. The van der Waals surface area contributed by atoms with Crippen molar-refractivity contribution in [2.45, 2.75) is 75.5 Å². The molecule has 3 amide bonds. The first-order chi connectivity index (χ1) is 16.2. The minimum absolute atomic E-state index is 0.0116. The van der Waals surface area contributed by atoms with E-state index in [2.05, 4.69) is 20.9 Å². The third kappa shape index (κ3) is 3.98. The number of hydrogen-bond acceptors (Lipinski definition) is 5. The molecule has 2 aliphatic heterocycles. The van der Waals surface area contributed by atoms with Crippen molar-refractivity contribution in [2.24, 2.45) is 0 Å². The van der Waals surface area contributed by atoms with Crippen LogP contribution >= 0.6 is 0 Å². The summed E-state index contributed by atoms with van der Waals surface area (Å²) in [6, 6.07) is 7.80. The minimum atomic E-state index is -0.0932. The number of carbonyl (C=O) groups is 2. The van der Waals surface area contributed by atoms with Gasteiger partial charge in [-0.25, -0.2) is 9.78 Å². The minimum Gasteiger partial charge on any atom is -0.487 e. The molecule has 1 aromatic carbocycles. The smallest absolute Gasteiger partial charge is 0.315 e. The first-order valence-electron chi connectivity index (χ1n) is 12.0. The van der Waals surface area contributed by atoms with Crippen LogP contribution in [0.25, 0.3) is 0 Å². The first-order valence-corrected chi connectivity index (χ1v) is 12.0. The van der Waals surface area contributed by atoms with E-state index in [1.54, 1.807) is 6.20 Å². The number of amides is 3. The number of hydrogen-bond donors (Lipinski definition) is 3. The average Bonchev–Trinajstić information content (AvgIpc) is 3.42. The fraction of sp³-hybridized carbons (Fsp3) is 0.480. The molecule has 2 fully saturated rings. The van der Waals surface area contributed by atoms with Crippen LogP contribution in [0.1, 0.15) is 62.0 Å². The molecule has 2 aliphatic carbocycles. The van der Waals surface area contributed by atoms with E-state index in [0.29, 0.717) is 30.2 Å². The van der Waals surface area contributed by atoms with Crippen molar-refractivity contribution in [1.82, 2.24) is 15.6 Å². The Labute approximate surface area is 192 Å². The highest BCUT2D eigenvalue weighted by Crippen LogP contribution is 2.54. The lowest BCUT2D eigenvalue weighted by Gasteiger charge is -2.19. The summed E-state index contributed by atoms with van der Waals surface area (Å²) in [6.45, 7) is 0. The van der Waals surface area contributed by atoms with Gasteiger partial charge in [-0.3, -0.25) is 4.79 Å². The number of nitrogens with one attached hydrogen (secondary N) is 3. The highest BCUT2D eigenvalue weighted by molar-refractivity contribution is 5.93. The molecule has 2 saturated carbocycles. The maximum absolute atomic E-state index is 12.5. The summed E-state index contributed by atoms with van der Waals surface area (Å²) >= 11 is 0. The Morgan fingerprint density at radius 1 is 1.09 bits per heavy atom. The summed E-state index contributed by atoms with van der Waals surface area (Å²) in [6.07, 6.45) is 9.67. The second kappa shape index (κ2) is 8.24. The SMILES string of the molecule is O=C1CCc2c(Oc3ccc4c(c3)[C@H]3[C@@H](NC(=O)NC5CCCCCC5)[C@H]3O4)ccnc2N1. The molecule has 0 spiro atoms. The molecule has 172 valence electrons. The largest absolute Gasteiger partial charge is 0.487 e. The Morgan fingerprint density at radius 2 is 1.94 bits per heavy atom. The van der Waals surface area contributed by atoms with E-state index in [9.17, 15) is 9.59 Å². The molecule has 0 unspecified atom stereocenters. The average molecular weight is 449 g/mol. The summed E-state index contributed by atoms with van der Waals surface area (Å²) in [5, 5.41) is 9.07. The van der Waals surface area contributed by atoms with Crippen LogP contribution < -0.4 is 25.4 Å². The molecule has 1 aromatic heterocycles. The molecular formula is C25H28N4O4. The highest BCUT2D eigenvalue weighted by Gasteiger charge is 2.59. The molecular weight excluding hydrogens is 420 g/mol. The molecule has 0 saturated heterocycles. The van der Waals surface area contributed by atoms with Gasteiger partial charge < -0.3 is 25.4 Å². The topological polar surface area (TPSA) is 102 Å². The number of carbonyl (C=O) groups excluding carboxylic acids is 2. The maximum Gasteiger partial charge on any atom is 0.315 e. The molecule has 33 heavy (non-hydrogen) atoms. The Morgan fingerprint density at radius 3 is 2.79 bits per heavy atom. The zero-order valence-corrected chi connectivity index (χ0v) is 18.4. The van der Waals surface area contributed by atoms with Crippen LogP contribution in [0.3, 0.4) is 0 Å². The van der Waals surface area contributed by atoms with Gasteiger partial charge in [0.25, 0.3) is 0 Å². The predicted octanol–water partition coefficient (Wildman–Crippen LogP) is 4.01. The van der Waals surface area contributed by atoms with Gasteiger partial charge in [-0.1, -0.05) is 25.7 Å². The van der Waals surface area contributed by atoms with Crippen molar-refractivity contribution < 1.29 is 19.1 Å². The summed E-state index contributed by atoms with van der Waals surface area (Å²) in [5.41, 5.74) is 1.97. The van der Waals surface area contributed by atoms with Gasteiger partial charge in [0.2, 0.25) is 5.91 Å². The highest BCUT2D eigenvalue weighted by atomic mass is 16.5. The number of aromatic nitrogens is 1. The number of rotatable bonds is 4. The van der Waals surface area contributed by atoms with Gasteiger partial charge in [-0.2, -0.15) is 0 Å². The zero-order valence-electron chi connectivity index (χ0n) is 18.4. The number of benzene rings is 1. The summed E-state index contributed by atoms with van der Waals surface area (Å²) in [4.78, 5) is 28.5. The molecule has 8 nitrogen and oxygen atoms in total. The van der Waals surface area contributed by atoms with E-state index in [1.165, 1.54) is 25.7 Å². The van der Waals surface area contributed by atoms with Crippen molar-refractivity contribution in [1.29, 1.82) is 0 Å². The summed E-state index contributed by atoms with van der Waals surface area (Å²) in [5.74, 6) is 2.95. The lowest BCUT2D eigenvalue weighted by Crippen LogP contribution is -2.44. The summed E-state index contributed by atoms with van der Waals surface area (Å²) in [7, 11) is 0. The van der Waals surface area contributed by atoms with Crippen LogP contribution in [0.2, 0.25) is 0 Å². The van der Waals surface area contributed by atoms with Gasteiger partial charge in [0, 0.05) is 29.8 Å². The molecule has 3 N–H and O–H groups in total. The molecule has 3 heterocycles. The lowest BCUT2D eigenvalue weighted by atomic mass is 10.1. The number of urea groups is 1. The van der Waals surface area contributed by atoms with E-state index in [4.69, 9.17) is 9.47 Å². The number of anilines is 1. The Bertz CT molecular complexity index is 1100. The zero-order chi connectivity index (χ0) is 22.4.